The second-order valence-corrected chi connectivity index (χ2v) is 4.26. The maximum absolute atomic E-state index is 9.33. The molecule has 0 saturated heterocycles. The number of aliphatic hydroxyl groups excluding tert-OH is 1. The first-order chi connectivity index (χ1) is 9.22. The molecule has 0 aliphatic rings. The van der Waals surface area contributed by atoms with Gasteiger partial charge in [-0.1, -0.05) is 0 Å². The van der Waals surface area contributed by atoms with Crippen LogP contribution < -0.4 is 10.1 Å². The van der Waals surface area contributed by atoms with Gasteiger partial charge in [0.1, 0.15) is 11.6 Å². The van der Waals surface area contributed by atoms with Crippen LogP contribution in [0.5, 0.6) is 5.75 Å². The summed E-state index contributed by atoms with van der Waals surface area (Å²) in [7, 11) is 0. The van der Waals surface area contributed by atoms with Crippen LogP contribution >= 0.6 is 0 Å². The Morgan fingerprint density at radius 2 is 2.26 bits per heavy atom. The van der Waals surface area contributed by atoms with Gasteiger partial charge >= 0.3 is 0 Å². The van der Waals surface area contributed by atoms with E-state index in [1.165, 1.54) is 0 Å². The lowest BCUT2D eigenvalue weighted by molar-refractivity contribution is 0.267. The number of hydrogen-bond donors (Lipinski definition) is 3. The SMILES string of the molecule is CCOc1ccc(NCc2cnc(C)[nH]2)cc1CO. The maximum Gasteiger partial charge on any atom is 0.124 e. The molecule has 0 spiro atoms. The second kappa shape index (κ2) is 6.24. The molecule has 2 aromatic rings. The number of anilines is 1. The molecule has 0 atom stereocenters. The first kappa shape index (κ1) is 13.4. The van der Waals surface area contributed by atoms with Crippen molar-refractivity contribution in [2.45, 2.75) is 27.0 Å². The highest BCUT2D eigenvalue weighted by Gasteiger charge is 2.04. The van der Waals surface area contributed by atoms with Crippen LogP contribution in [0.1, 0.15) is 24.0 Å². The zero-order valence-corrected chi connectivity index (χ0v) is 11.2. The molecule has 1 aromatic heterocycles. The summed E-state index contributed by atoms with van der Waals surface area (Å²) in [5, 5.41) is 12.6. The van der Waals surface area contributed by atoms with Crippen molar-refractivity contribution in [2.75, 3.05) is 11.9 Å². The number of nitrogens with zero attached hydrogens (tertiary/aromatic N) is 1. The molecule has 1 aromatic carbocycles. The zero-order chi connectivity index (χ0) is 13.7. The number of imidazole rings is 1. The van der Waals surface area contributed by atoms with E-state index in [-0.39, 0.29) is 6.61 Å². The molecule has 19 heavy (non-hydrogen) atoms. The lowest BCUT2D eigenvalue weighted by atomic mass is 10.2. The number of aromatic nitrogens is 2. The summed E-state index contributed by atoms with van der Waals surface area (Å²) >= 11 is 0. The van der Waals surface area contributed by atoms with Gasteiger partial charge in [0.05, 0.1) is 31.6 Å². The highest BCUT2D eigenvalue weighted by atomic mass is 16.5. The van der Waals surface area contributed by atoms with Gasteiger partial charge in [-0.2, -0.15) is 0 Å². The summed E-state index contributed by atoms with van der Waals surface area (Å²) in [6.07, 6.45) is 1.81. The molecule has 0 bridgehead atoms. The van der Waals surface area contributed by atoms with Gasteiger partial charge in [-0.05, 0) is 32.0 Å². The Hall–Kier alpha value is -2.01. The van der Waals surface area contributed by atoms with Gasteiger partial charge < -0.3 is 20.1 Å². The molecule has 5 heteroatoms. The van der Waals surface area contributed by atoms with Crippen LogP contribution in [0.4, 0.5) is 5.69 Å². The molecule has 5 nitrogen and oxygen atoms in total. The number of aryl methyl sites for hydroxylation is 1. The number of aromatic amines is 1. The van der Waals surface area contributed by atoms with E-state index in [0.29, 0.717) is 13.2 Å². The Balaban J connectivity index is 2.04. The smallest absolute Gasteiger partial charge is 0.124 e. The van der Waals surface area contributed by atoms with Gasteiger partial charge in [-0.25, -0.2) is 4.98 Å². The van der Waals surface area contributed by atoms with Crippen LogP contribution in [0.25, 0.3) is 0 Å². The molecule has 0 aliphatic heterocycles. The number of aliphatic hydroxyl groups is 1. The fraction of sp³-hybridized carbons (Fsp3) is 0.357. The van der Waals surface area contributed by atoms with E-state index in [0.717, 1.165) is 28.5 Å². The van der Waals surface area contributed by atoms with Crippen molar-refractivity contribution in [1.82, 2.24) is 9.97 Å². The normalized spacial score (nSPS) is 10.5. The van der Waals surface area contributed by atoms with E-state index in [4.69, 9.17) is 4.74 Å². The Morgan fingerprint density at radius 3 is 2.89 bits per heavy atom. The second-order valence-electron chi connectivity index (χ2n) is 4.26. The minimum Gasteiger partial charge on any atom is -0.494 e. The molecule has 0 unspecified atom stereocenters. The first-order valence-corrected chi connectivity index (χ1v) is 6.34. The molecule has 0 aliphatic carbocycles. The van der Waals surface area contributed by atoms with Gasteiger partial charge in [0.15, 0.2) is 0 Å². The van der Waals surface area contributed by atoms with Gasteiger partial charge in [-0.15, -0.1) is 0 Å². The van der Waals surface area contributed by atoms with Crippen LogP contribution in [0.3, 0.4) is 0 Å². The summed E-state index contributed by atoms with van der Waals surface area (Å²) in [6.45, 7) is 5.07. The Bertz CT molecular complexity index is 537. The maximum atomic E-state index is 9.33. The number of benzene rings is 1. The van der Waals surface area contributed by atoms with Crippen LogP contribution in [0.15, 0.2) is 24.4 Å². The summed E-state index contributed by atoms with van der Waals surface area (Å²) in [6, 6.07) is 5.71. The zero-order valence-electron chi connectivity index (χ0n) is 11.2. The van der Waals surface area contributed by atoms with E-state index >= 15 is 0 Å². The average molecular weight is 261 g/mol. The van der Waals surface area contributed by atoms with Gasteiger partial charge in [-0.3, -0.25) is 0 Å². The van der Waals surface area contributed by atoms with Crippen molar-refractivity contribution in [3.05, 3.63) is 41.5 Å². The molecular weight excluding hydrogens is 242 g/mol. The average Bonchev–Trinajstić information content (AvgIpc) is 2.83. The van der Waals surface area contributed by atoms with E-state index in [1.807, 2.05) is 38.2 Å². The molecule has 102 valence electrons. The lowest BCUT2D eigenvalue weighted by Gasteiger charge is -2.11. The van der Waals surface area contributed by atoms with Gasteiger partial charge in [0, 0.05) is 11.3 Å². The number of H-pyrrole nitrogens is 1. The van der Waals surface area contributed by atoms with E-state index < -0.39 is 0 Å². The Kier molecular flexibility index (Phi) is 4.41. The Labute approximate surface area is 112 Å². The van der Waals surface area contributed by atoms with Gasteiger partial charge in [0.2, 0.25) is 0 Å². The molecule has 2 rings (SSSR count). The third-order valence-corrected chi connectivity index (χ3v) is 2.77. The molecule has 1 heterocycles. The van der Waals surface area contributed by atoms with Crippen LogP contribution in [-0.2, 0) is 13.2 Å². The van der Waals surface area contributed by atoms with Crippen LogP contribution in [-0.4, -0.2) is 21.7 Å². The van der Waals surface area contributed by atoms with Crippen molar-refractivity contribution in [3.63, 3.8) is 0 Å². The van der Waals surface area contributed by atoms with E-state index in [9.17, 15) is 5.11 Å². The Morgan fingerprint density at radius 1 is 1.42 bits per heavy atom. The van der Waals surface area contributed by atoms with Crippen molar-refractivity contribution in [2.24, 2.45) is 0 Å². The first-order valence-electron chi connectivity index (χ1n) is 6.34. The molecule has 0 amide bonds. The third kappa shape index (κ3) is 3.48. The highest BCUT2D eigenvalue weighted by Crippen LogP contribution is 2.23. The van der Waals surface area contributed by atoms with Crippen molar-refractivity contribution < 1.29 is 9.84 Å². The van der Waals surface area contributed by atoms with Crippen LogP contribution in [0.2, 0.25) is 0 Å². The van der Waals surface area contributed by atoms with Crippen molar-refractivity contribution in [1.29, 1.82) is 0 Å². The molecule has 3 N–H and O–H groups in total. The lowest BCUT2D eigenvalue weighted by Crippen LogP contribution is -2.02. The van der Waals surface area contributed by atoms with Crippen molar-refractivity contribution in [3.8, 4) is 5.75 Å². The highest BCUT2D eigenvalue weighted by molar-refractivity contribution is 5.51. The predicted octanol–water partition coefficient (Wildman–Crippen LogP) is 2.22. The third-order valence-electron chi connectivity index (χ3n) is 2.77. The summed E-state index contributed by atoms with van der Waals surface area (Å²) in [4.78, 5) is 7.30. The minimum atomic E-state index is -0.0337. The summed E-state index contributed by atoms with van der Waals surface area (Å²) < 4.78 is 5.45. The topological polar surface area (TPSA) is 70.2 Å². The number of hydrogen-bond acceptors (Lipinski definition) is 4. The quantitative estimate of drug-likeness (QED) is 0.745. The molecule has 0 radical (unpaired) electrons. The monoisotopic (exact) mass is 261 g/mol. The van der Waals surface area contributed by atoms with Crippen LogP contribution in [0, 0.1) is 6.92 Å². The molecular formula is C14H19N3O2. The van der Waals surface area contributed by atoms with E-state index in [1.54, 1.807) is 0 Å². The van der Waals surface area contributed by atoms with E-state index in [2.05, 4.69) is 15.3 Å². The molecule has 0 saturated carbocycles. The number of nitrogens with one attached hydrogen (secondary N) is 2. The summed E-state index contributed by atoms with van der Waals surface area (Å²) in [5.74, 6) is 1.63. The summed E-state index contributed by atoms with van der Waals surface area (Å²) in [5.41, 5.74) is 2.75. The fourth-order valence-corrected chi connectivity index (χ4v) is 1.87. The minimum absolute atomic E-state index is 0.0337. The fourth-order valence-electron chi connectivity index (χ4n) is 1.87. The number of ether oxygens (including phenoxy) is 1. The largest absolute Gasteiger partial charge is 0.494 e. The van der Waals surface area contributed by atoms with Gasteiger partial charge in [0.25, 0.3) is 0 Å². The number of rotatable bonds is 6. The predicted molar refractivity (Wildman–Crippen MR) is 74.2 cm³/mol. The van der Waals surface area contributed by atoms with Crippen molar-refractivity contribution >= 4 is 5.69 Å². The standard InChI is InChI=1S/C14H19N3O2/c1-3-19-14-5-4-12(6-11(14)9-18)16-8-13-7-15-10(2)17-13/h4-7,16,18H,3,8-9H2,1-2H3,(H,15,17). The molecule has 0 fully saturated rings.